The lowest BCUT2D eigenvalue weighted by molar-refractivity contribution is -0.116. The highest BCUT2D eigenvalue weighted by atomic mass is 31.2. The lowest BCUT2D eigenvalue weighted by atomic mass is 10.2. The molecule has 0 saturated carbocycles. The van der Waals surface area contributed by atoms with E-state index in [1.165, 1.54) is 0 Å². The van der Waals surface area contributed by atoms with Gasteiger partial charge in [-0.15, -0.1) is 0 Å². The van der Waals surface area contributed by atoms with Gasteiger partial charge in [0, 0.05) is 6.42 Å². The first-order valence-electron chi connectivity index (χ1n) is 3.51. The normalized spacial score (nSPS) is 11.0. The first kappa shape index (κ1) is 11.6. The summed E-state index contributed by atoms with van der Waals surface area (Å²) in [5.41, 5.74) is 0.967. The molecule has 0 amide bonds. The van der Waals surface area contributed by atoms with Gasteiger partial charge in [-0.2, -0.15) is 0 Å². The monoisotopic (exact) mass is 192 g/mol. The molecule has 2 N–H and O–H groups in total. The molecule has 70 valence electrons. The van der Waals surface area contributed by atoms with E-state index in [1.54, 1.807) is 6.08 Å². The van der Waals surface area contributed by atoms with Crippen molar-refractivity contribution in [3.63, 3.8) is 0 Å². The van der Waals surface area contributed by atoms with Crippen molar-refractivity contribution in [2.45, 2.75) is 20.3 Å². The van der Waals surface area contributed by atoms with Crippen LogP contribution in [0.3, 0.4) is 0 Å². The fourth-order valence-corrected chi connectivity index (χ4v) is 1.20. The van der Waals surface area contributed by atoms with Crippen LogP contribution in [0.4, 0.5) is 0 Å². The van der Waals surface area contributed by atoms with Crippen LogP contribution >= 0.6 is 7.60 Å². The summed E-state index contributed by atoms with van der Waals surface area (Å²) < 4.78 is 10.3. The third kappa shape index (κ3) is 7.66. The Balaban J connectivity index is 3.93. The van der Waals surface area contributed by atoms with E-state index in [0.29, 0.717) is 0 Å². The molecular weight excluding hydrogens is 179 g/mol. The number of rotatable bonds is 4. The molecule has 5 heteroatoms. The van der Waals surface area contributed by atoms with Gasteiger partial charge in [0.05, 0.1) is 0 Å². The van der Waals surface area contributed by atoms with E-state index in [9.17, 15) is 9.36 Å². The zero-order valence-electron chi connectivity index (χ0n) is 7.15. The van der Waals surface area contributed by atoms with Gasteiger partial charge in [-0.1, -0.05) is 11.6 Å². The van der Waals surface area contributed by atoms with Crippen LogP contribution in [0, 0.1) is 0 Å². The van der Waals surface area contributed by atoms with E-state index < -0.39 is 19.5 Å². The fraction of sp³-hybridized carbons (Fsp3) is 0.571. The summed E-state index contributed by atoms with van der Waals surface area (Å²) in [4.78, 5) is 27.7. The molecule has 0 aliphatic heterocycles. The molecule has 0 atom stereocenters. The standard InChI is InChI=1S/C7H13O4P/c1-6(2)3-4-7(8)5-12(9,10)11/h3H,4-5H2,1-2H3,(H2,9,10,11). The maximum atomic E-state index is 10.8. The van der Waals surface area contributed by atoms with Gasteiger partial charge in [0.25, 0.3) is 0 Å². The zero-order chi connectivity index (χ0) is 9.78. The quantitative estimate of drug-likeness (QED) is 0.516. The van der Waals surface area contributed by atoms with Crippen LogP contribution in [0.1, 0.15) is 20.3 Å². The Morgan fingerprint density at radius 2 is 1.92 bits per heavy atom. The van der Waals surface area contributed by atoms with E-state index in [0.717, 1.165) is 5.57 Å². The van der Waals surface area contributed by atoms with Crippen molar-refractivity contribution in [2.75, 3.05) is 6.16 Å². The molecule has 0 aliphatic rings. The summed E-state index contributed by atoms with van der Waals surface area (Å²) in [5.74, 6) is -0.426. The second kappa shape index (κ2) is 4.55. The van der Waals surface area contributed by atoms with Gasteiger partial charge in [0.2, 0.25) is 0 Å². The molecule has 0 unspecified atom stereocenters. The number of ketones is 1. The molecule has 0 radical (unpaired) electrons. The summed E-state index contributed by atoms with van der Waals surface area (Å²) in [6.07, 6.45) is 1.10. The maximum Gasteiger partial charge on any atom is 0.332 e. The molecule has 0 aromatic carbocycles. The second-order valence-electron chi connectivity index (χ2n) is 2.85. The highest BCUT2D eigenvalue weighted by Gasteiger charge is 2.17. The second-order valence-corrected chi connectivity index (χ2v) is 4.49. The lowest BCUT2D eigenvalue weighted by Gasteiger charge is -2.00. The van der Waals surface area contributed by atoms with Gasteiger partial charge in [-0.3, -0.25) is 9.36 Å². The Bertz CT molecular complexity index is 234. The molecule has 0 heterocycles. The fourth-order valence-electron chi connectivity index (χ4n) is 0.612. The molecule has 4 nitrogen and oxygen atoms in total. The summed E-state index contributed by atoms with van der Waals surface area (Å²) in [6.45, 7) is 3.65. The van der Waals surface area contributed by atoms with Crippen LogP contribution in [0.2, 0.25) is 0 Å². The molecule has 0 aliphatic carbocycles. The maximum absolute atomic E-state index is 10.8. The van der Waals surface area contributed by atoms with Crippen molar-refractivity contribution in [1.29, 1.82) is 0 Å². The van der Waals surface area contributed by atoms with E-state index in [1.807, 2.05) is 13.8 Å². The molecule has 0 aromatic rings. The molecule has 0 saturated heterocycles. The van der Waals surface area contributed by atoms with Gasteiger partial charge < -0.3 is 9.79 Å². The number of hydrogen-bond donors (Lipinski definition) is 2. The summed E-state index contributed by atoms with van der Waals surface area (Å²) in [5, 5.41) is 0. The van der Waals surface area contributed by atoms with Crippen molar-refractivity contribution >= 4 is 13.4 Å². The van der Waals surface area contributed by atoms with Gasteiger partial charge >= 0.3 is 7.60 Å². The summed E-state index contributed by atoms with van der Waals surface area (Å²) in [6, 6.07) is 0. The Hall–Kier alpha value is -0.440. The molecule has 0 fully saturated rings. The SMILES string of the molecule is CC(C)=CCC(=O)CP(=O)(O)O. The minimum absolute atomic E-state index is 0.105. The van der Waals surface area contributed by atoms with Crippen molar-refractivity contribution in [3.05, 3.63) is 11.6 Å². The molecule has 0 aromatic heterocycles. The predicted octanol–water partition coefficient (Wildman–Crippen LogP) is 1.09. The molecule has 0 rings (SSSR count). The van der Waals surface area contributed by atoms with E-state index in [4.69, 9.17) is 9.79 Å². The van der Waals surface area contributed by atoms with Crippen LogP contribution in [0.5, 0.6) is 0 Å². The predicted molar refractivity (Wildman–Crippen MR) is 46.0 cm³/mol. The van der Waals surface area contributed by atoms with E-state index in [2.05, 4.69) is 0 Å². The van der Waals surface area contributed by atoms with Gasteiger partial charge in [-0.25, -0.2) is 0 Å². The van der Waals surface area contributed by atoms with Crippen LogP contribution in [-0.2, 0) is 9.36 Å². The zero-order valence-corrected chi connectivity index (χ0v) is 8.04. The third-order valence-electron chi connectivity index (χ3n) is 1.12. The Morgan fingerprint density at radius 1 is 1.42 bits per heavy atom. The lowest BCUT2D eigenvalue weighted by Crippen LogP contribution is -2.03. The van der Waals surface area contributed by atoms with Gasteiger partial charge in [0.1, 0.15) is 11.9 Å². The van der Waals surface area contributed by atoms with Crippen molar-refractivity contribution < 1.29 is 19.1 Å². The molecule has 0 bridgehead atoms. The van der Waals surface area contributed by atoms with Crippen LogP contribution in [0.25, 0.3) is 0 Å². The molecular formula is C7H13O4P. The third-order valence-corrected chi connectivity index (χ3v) is 1.88. The number of allylic oxidation sites excluding steroid dienone is 2. The number of carbonyl (C=O) groups is 1. The number of hydrogen-bond acceptors (Lipinski definition) is 2. The van der Waals surface area contributed by atoms with Crippen LogP contribution in [0.15, 0.2) is 11.6 Å². The first-order valence-corrected chi connectivity index (χ1v) is 5.30. The summed E-state index contributed by atoms with van der Waals surface area (Å²) >= 11 is 0. The van der Waals surface area contributed by atoms with Crippen molar-refractivity contribution in [3.8, 4) is 0 Å². The van der Waals surface area contributed by atoms with Crippen LogP contribution < -0.4 is 0 Å². The molecule has 12 heavy (non-hydrogen) atoms. The Labute approximate surface area is 71.5 Å². The number of carbonyl (C=O) groups excluding carboxylic acids is 1. The number of Topliss-reactive ketones (excluding diaryl/α,β-unsaturated/α-hetero) is 1. The smallest absolute Gasteiger partial charge is 0.324 e. The van der Waals surface area contributed by atoms with E-state index >= 15 is 0 Å². The van der Waals surface area contributed by atoms with Crippen molar-refractivity contribution in [2.24, 2.45) is 0 Å². The highest BCUT2D eigenvalue weighted by Crippen LogP contribution is 2.34. The Morgan fingerprint density at radius 3 is 2.25 bits per heavy atom. The summed E-state index contributed by atoms with van der Waals surface area (Å²) in [7, 11) is -4.16. The van der Waals surface area contributed by atoms with Gasteiger partial charge in [-0.05, 0) is 13.8 Å². The Kier molecular flexibility index (Phi) is 4.39. The van der Waals surface area contributed by atoms with Crippen molar-refractivity contribution in [1.82, 2.24) is 0 Å². The average molecular weight is 192 g/mol. The average Bonchev–Trinajstić information content (AvgIpc) is 1.79. The largest absolute Gasteiger partial charge is 0.332 e. The molecule has 0 spiro atoms. The van der Waals surface area contributed by atoms with E-state index in [-0.39, 0.29) is 6.42 Å². The minimum atomic E-state index is -4.16. The minimum Gasteiger partial charge on any atom is -0.324 e. The highest BCUT2D eigenvalue weighted by molar-refractivity contribution is 7.52. The topological polar surface area (TPSA) is 74.6 Å². The van der Waals surface area contributed by atoms with Crippen LogP contribution in [-0.4, -0.2) is 21.7 Å². The first-order chi connectivity index (χ1) is 5.31. The van der Waals surface area contributed by atoms with Gasteiger partial charge in [0.15, 0.2) is 0 Å².